The van der Waals surface area contributed by atoms with Crippen molar-refractivity contribution in [1.82, 2.24) is 0 Å². The van der Waals surface area contributed by atoms with Crippen LogP contribution in [-0.2, 0) is 38.8 Å². The third kappa shape index (κ3) is 8.51. The molecule has 1 aliphatic rings. The summed E-state index contributed by atoms with van der Waals surface area (Å²) in [5.74, 6) is 0.701. The van der Waals surface area contributed by atoms with E-state index in [0.717, 1.165) is 22.4 Å². The van der Waals surface area contributed by atoms with Crippen LogP contribution in [0, 0.1) is 17.8 Å². The van der Waals surface area contributed by atoms with Crippen molar-refractivity contribution in [3.05, 3.63) is 139 Å². The number of methoxy groups -OCH3 is 2. The van der Waals surface area contributed by atoms with E-state index >= 15 is 0 Å². The van der Waals surface area contributed by atoms with Gasteiger partial charge < -0.3 is 23.7 Å². The topological polar surface area (TPSA) is 46.2 Å². The molecule has 216 valence electrons. The van der Waals surface area contributed by atoms with Gasteiger partial charge in [-0.2, -0.15) is 0 Å². The molecule has 1 unspecified atom stereocenters. The van der Waals surface area contributed by atoms with E-state index in [1.165, 1.54) is 0 Å². The Morgan fingerprint density at radius 1 is 0.683 bits per heavy atom. The number of hydrogen-bond donors (Lipinski definition) is 0. The Hall–Kier alpha value is -3.48. The lowest BCUT2D eigenvalue weighted by atomic mass is 9.71. The highest BCUT2D eigenvalue weighted by Gasteiger charge is 2.44. The number of ether oxygens (including phenoxy) is 5. The SMILES string of the molecule is C=CC(OCc1ccccc1)[C@H]1C=C[C@H](COC)[C@H](OCc2ccccc2)[C@H]1[C@@H](C=C)OCc1ccc(OC)cc1. The van der Waals surface area contributed by atoms with Crippen molar-refractivity contribution in [2.45, 2.75) is 38.1 Å². The first-order valence-corrected chi connectivity index (χ1v) is 14.1. The Labute approximate surface area is 245 Å². The summed E-state index contributed by atoms with van der Waals surface area (Å²) in [5.41, 5.74) is 3.28. The monoisotopic (exact) mass is 554 g/mol. The maximum Gasteiger partial charge on any atom is 0.118 e. The van der Waals surface area contributed by atoms with Crippen molar-refractivity contribution in [3.8, 4) is 5.75 Å². The molecule has 6 atom stereocenters. The fourth-order valence-corrected chi connectivity index (χ4v) is 5.45. The zero-order chi connectivity index (χ0) is 28.9. The summed E-state index contributed by atoms with van der Waals surface area (Å²) in [6.45, 7) is 10.3. The first-order valence-electron chi connectivity index (χ1n) is 14.1. The predicted octanol–water partition coefficient (Wildman–Crippen LogP) is 7.19. The van der Waals surface area contributed by atoms with Gasteiger partial charge in [0.1, 0.15) is 5.75 Å². The fraction of sp³-hybridized carbons (Fsp3) is 0.333. The van der Waals surface area contributed by atoms with Crippen LogP contribution < -0.4 is 4.74 Å². The van der Waals surface area contributed by atoms with Gasteiger partial charge in [-0.15, -0.1) is 13.2 Å². The average molecular weight is 555 g/mol. The Kier molecular flexibility index (Phi) is 12.0. The number of rotatable bonds is 16. The maximum absolute atomic E-state index is 6.73. The minimum absolute atomic E-state index is 0.0385. The Balaban J connectivity index is 1.62. The second-order valence-corrected chi connectivity index (χ2v) is 10.3. The Morgan fingerprint density at radius 3 is 1.80 bits per heavy atom. The van der Waals surface area contributed by atoms with Crippen LogP contribution in [0.2, 0.25) is 0 Å². The van der Waals surface area contributed by atoms with Crippen molar-refractivity contribution in [2.24, 2.45) is 17.8 Å². The third-order valence-electron chi connectivity index (χ3n) is 7.58. The zero-order valence-corrected chi connectivity index (χ0v) is 24.1. The molecule has 0 heterocycles. The van der Waals surface area contributed by atoms with Crippen molar-refractivity contribution in [1.29, 1.82) is 0 Å². The highest BCUT2D eigenvalue weighted by atomic mass is 16.5. The molecule has 1 aliphatic carbocycles. The van der Waals surface area contributed by atoms with Gasteiger partial charge in [0.05, 0.1) is 51.8 Å². The quantitative estimate of drug-likeness (QED) is 0.175. The molecule has 0 fully saturated rings. The lowest BCUT2D eigenvalue weighted by Crippen LogP contribution is -2.49. The van der Waals surface area contributed by atoms with Crippen molar-refractivity contribution >= 4 is 0 Å². The van der Waals surface area contributed by atoms with E-state index in [-0.39, 0.29) is 36.1 Å². The van der Waals surface area contributed by atoms with Crippen LogP contribution >= 0.6 is 0 Å². The highest BCUT2D eigenvalue weighted by Crippen LogP contribution is 2.39. The minimum atomic E-state index is -0.310. The minimum Gasteiger partial charge on any atom is -0.497 e. The van der Waals surface area contributed by atoms with Crippen molar-refractivity contribution in [2.75, 3.05) is 20.8 Å². The molecule has 0 aromatic heterocycles. The van der Waals surface area contributed by atoms with E-state index in [4.69, 9.17) is 23.7 Å². The summed E-state index contributed by atoms with van der Waals surface area (Å²) < 4.78 is 30.8. The van der Waals surface area contributed by atoms with E-state index in [9.17, 15) is 0 Å². The largest absolute Gasteiger partial charge is 0.497 e. The molecule has 5 heteroatoms. The number of benzene rings is 3. The standard InChI is InChI=1S/C36H42O5/c1-5-33(39-23-27-13-9-7-10-14-27)32-22-19-30(26-37-3)36(41-25-28-15-11-8-12-16-28)35(32)34(6-2)40-24-29-17-20-31(38-4)21-18-29/h5-22,30,32-36H,1-2,23-26H2,3-4H3/t30-,32-,33?,34-,35-,36+/m1/s1. The van der Waals surface area contributed by atoms with E-state index in [1.54, 1.807) is 14.2 Å². The van der Waals surface area contributed by atoms with Gasteiger partial charge in [0.25, 0.3) is 0 Å². The van der Waals surface area contributed by atoms with Crippen LogP contribution in [0.5, 0.6) is 5.75 Å². The van der Waals surface area contributed by atoms with Crippen LogP contribution in [-0.4, -0.2) is 39.1 Å². The summed E-state index contributed by atoms with van der Waals surface area (Å²) >= 11 is 0. The van der Waals surface area contributed by atoms with Gasteiger partial charge in [-0.25, -0.2) is 0 Å². The van der Waals surface area contributed by atoms with E-state index in [0.29, 0.717) is 26.4 Å². The normalized spacial score (nSPS) is 21.6. The van der Waals surface area contributed by atoms with Gasteiger partial charge >= 0.3 is 0 Å². The second-order valence-electron chi connectivity index (χ2n) is 10.3. The molecule has 41 heavy (non-hydrogen) atoms. The molecule has 0 N–H and O–H groups in total. The Bertz CT molecular complexity index is 1210. The summed E-state index contributed by atoms with van der Waals surface area (Å²) in [6, 6.07) is 28.3. The molecule has 0 aliphatic heterocycles. The van der Waals surface area contributed by atoms with Gasteiger partial charge in [0.2, 0.25) is 0 Å². The van der Waals surface area contributed by atoms with E-state index in [2.05, 4.69) is 49.6 Å². The van der Waals surface area contributed by atoms with Crippen molar-refractivity contribution < 1.29 is 23.7 Å². The molecule has 4 rings (SSSR count). The first-order chi connectivity index (χ1) is 20.2. The molecule has 0 radical (unpaired) electrons. The van der Waals surface area contributed by atoms with Gasteiger partial charge in [0.15, 0.2) is 0 Å². The molecule has 0 amide bonds. The molecule has 3 aromatic carbocycles. The maximum atomic E-state index is 6.73. The molecular weight excluding hydrogens is 512 g/mol. The molecule has 0 spiro atoms. The van der Waals surface area contributed by atoms with Crippen LogP contribution in [0.1, 0.15) is 16.7 Å². The number of hydrogen-bond acceptors (Lipinski definition) is 5. The highest BCUT2D eigenvalue weighted by molar-refractivity contribution is 5.27. The molecule has 0 saturated carbocycles. The molecule has 3 aromatic rings. The molecule has 0 bridgehead atoms. The lowest BCUT2D eigenvalue weighted by Gasteiger charge is -2.44. The van der Waals surface area contributed by atoms with E-state index < -0.39 is 0 Å². The average Bonchev–Trinajstić information content (AvgIpc) is 3.03. The van der Waals surface area contributed by atoms with Crippen LogP contribution in [0.15, 0.2) is 122 Å². The van der Waals surface area contributed by atoms with Gasteiger partial charge in [-0.3, -0.25) is 0 Å². The van der Waals surface area contributed by atoms with Gasteiger partial charge in [0, 0.05) is 24.9 Å². The molecule has 5 nitrogen and oxygen atoms in total. The van der Waals surface area contributed by atoms with E-state index in [1.807, 2.05) is 72.8 Å². The van der Waals surface area contributed by atoms with Crippen LogP contribution in [0.25, 0.3) is 0 Å². The molecular formula is C36H42O5. The van der Waals surface area contributed by atoms with Crippen LogP contribution in [0.3, 0.4) is 0 Å². The van der Waals surface area contributed by atoms with Crippen molar-refractivity contribution in [3.63, 3.8) is 0 Å². The third-order valence-corrected chi connectivity index (χ3v) is 7.58. The summed E-state index contributed by atoms with van der Waals surface area (Å²) in [5, 5.41) is 0. The Morgan fingerprint density at radius 2 is 1.24 bits per heavy atom. The summed E-state index contributed by atoms with van der Waals surface area (Å²) in [6.07, 6.45) is 7.43. The predicted molar refractivity (Wildman–Crippen MR) is 163 cm³/mol. The lowest BCUT2D eigenvalue weighted by molar-refractivity contribution is -0.120. The smallest absolute Gasteiger partial charge is 0.118 e. The second kappa shape index (κ2) is 16.1. The zero-order valence-electron chi connectivity index (χ0n) is 24.1. The summed E-state index contributed by atoms with van der Waals surface area (Å²) in [7, 11) is 3.39. The van der Waals surface area contributed by atoms with Crippen LogP contribution in [0.4, 0.5) is 0 Å². The first kappa shape index (κ1) is 30.5. The van der Waals surface area contributed by atoms with Gasteiger partial charge in [-0.1, -0.05) is 97.1 Å². The molecule has 0 saturated heterocycles. The summed E-state index contributed by atoms with van der Waals surface area (Å²) in [4.78, 5) is 0. The fourth-order valence-electron chi connectivity index (χ4n) is 5.45. The van der Waals surface area contributed by atoms with Gasteiger partial charge in [-0.05, 0) is 28.8 Å².